The first-order valence-corrected chi connectivity index (χ1v) is 12.7. The molecule has 4 heterocycles. The molecule has 3 aromatic heterocycles. The zero-order chi connectivity index (χ0) is 26.7. The largest absolute Gasteiger partial charge is 0.401 e. The maximum Gasteiger partial charge on any atom is 0.401 e. The van der Waals surface area contributed by atoms with Gasteiger partial charge >= 0.3 is 6.18 Å². The second-order valence-electron chi connectivity index (χ2n) is 9.31. The lowest BCUT2D eigenvalue weighted by atomic mass is 10.0. The van der Waals surface area contributed by atoms with Crippen molar-refractivity contribution in [2.45, 2.75) is 40.8 Å². The summed E-state index contributed by atoms with van der Waals surface area (Å²) in [6.07, 6.45) is -2.32. The first-order valence-electron chi connectivity index (χ1n) is 12.7. The van der Waals surface area contributed by atoms with Crippen molar-refractivity contribution in [1.82, 2.24) is 19.9 Å². The van der Waals surface area contributed by atoms with Crippen LogP contribution in [0, 0.1) is 20.8 Å². The summed E-state index contributed by atoms with van der Waals surface area (Å²) >= 11 is 0. The molecule has 1 aliphatic heterocycles. The van der Waals surface area contributed by atoms with E-state index in [1.807, 2.05) is 50.9 Å². The van der Waals surface area contributed by atoms with E-state index in [0.717, 1.165) is 45.1 Å². The first kappa shape index (κ1) is 26.7. The number of anilines is 1. The van der Waals surface area contributed by atoms with Crippen LogP contribution in [-0.2, 0) is 0 Å². The molecule has 0 aliphatic carbocycles. The van der Waals surface area contributed by atoms with Crippen LogP contribution in [0.5, 0.6) is 0 Å². The van der Waals surface area contributed by atoms with Gasteiger partial charge in [-0.3, -0.25) is 9.88 Å². The third-order valence-electron chi connectivity index (χ3n) is 6.61. The number of H-pyrrole nitrogens is 1. The highest BCUT2D eigenvalue weighted by Gasteiger charge is 2.32. The number of rotatable bonds is 4. The Morgan fingerprint density at radius 3 is 2.08 bits per heavy atom. The lowest BCUT2D eigenvalue weighted by Crippen LogP contribution is -2.49. The minimum absolute atomic E-state index is 0.380. The van der Waals surface area contributed by atoms with Crippen molar-refractivity contribution in [1.29, 1.82) is 0 Å². The molecular weight excluding hydrogens is 475 g/mol. The van der Waals surface area contributed by atoms with Crippen LogP contribution in [0.15, 0.2) is 48.7 Å². The lowest BCUT2D eigenvalue weighted by Gasteiger charge is -2.35. The van der Waals surface area contributed by atoms with Crippen molar-refractivity contribution in [3.8, 4) is 22.4 Å². The summed E-state index contributed by atoms with van der Waals surface area (Å²) in [4.78, 5) is 16.2. The summed E-state index contributed by atoms with van der Waals surface area (Å²) in [6.45, 7) is 11.1. The minimum atomic E-state index is -4.15. The molecule has 1 aromatic carbocycles. The number of nitrogens with one attached hydrogen (secondary N) is 1. The predicted octanol–water partition coefficient (Wildman–Crippen LogP) is 6.93. The number of nitrogens with zero attached hydrogens (tertiary/aromatic N) is 4. The standard InChI is InChI=1S/C27H28F3N5.C2H6/c1-17-12-22(13-18(2)32-17)26-19(3)23-6-4-20(14-24(23)33-26)21-5-7-25(31-15-21)35-10-8-34(9-11-35)16-27(28,29)30;1-2/h4-7,12-15,33H,8-11,16H2,1-3H3;1-2H3. The molecule has 5 rings (SSSR count). The van der Waals surface area contributed by atoms with Crippen LogP contribution >= 0.6 is 0 Å². The Labute approximate surface area is 216 Å². The van der Waals surface area contributed by atoms with E-state index in [9.17, 15) is 13.2 Å². The first-order chi connectivity index (χ1) is 17.7. The van der Waals surface area contributed by atoms with Crippen LogP contribution in [0.1, 0.15) is 30.8 Å². The van der Waals surface area contributed by atoms with E-state index in [4.69, 9.17) is 0 Å². The average Bonchev–Trinajstić information content (AvgIpc) is 3.20. The number of benzene rings is 1. The van der Waals surface area contributed by atoms with Gasteiger partial charge in [-0.15, -0.1) is 0 Å². The zero-order valence-corrected chi connectivity index (χ0v) is 22.1. The molecule has 0 radical (unpaired) electrons. The highest BCUT2D eigenvalue weighted by molar-refractivity contribution is 5.93. The third kappa shape index (κ3) is 6.13. The molecule has 1 N–H and O–H groups in total. The number of fused-ring (bicyclic) bond motifs is 1. The monoisotopic (exact) mass is 509 g/mol. The van der Waals surface area contributed by atoms with E-state index in [1.165, 1.54) is 15.8 Å². The van der Waals surface area contributed by atoms with Crippen molar-refractivity contribution in [3.05, 3.63) is 65.6 Å². The molecule has 1 fully saturated rings. The summed E-state index contributed by atoms with van der Waals surface area (Å²) in [6, 6.07) is 14.5. The van der Waals surface area contributed by atoms with Gasteiger partial charge in [0.15, 0.2) is 0 Å². The number of aromatic nitrogens is 3. The number of halogens is 3. The van der Waals surface area contributed by atoms with Gasteiger partial charge in [0.1, 0.15) is 5.82 Å². The topological polar surface area (TPSA) is 48.1 Å². The van der Waals surface area contributed by atoms with Gasteiger partial charge in [-0.05, 0) is 62.2 Å². The van der Waals surface area contributed by atoms with Crippen LogP contribution < -0.4 is 4.90 Å². The maximum absolute atomic E-state index is 12.6. The summed E-state index contributed by atoms with van der Waals surface area (Å²) in [5.74, 6) is 0.794. The van der Waals surface area contributed by atoms with Gasteiger partial charge in [-0.25, -0.2) is 4.98 Å². The highest BCUT2D eigenvalue weighted by atomic mass is 19.4. The van der Waals surface area contributed by atoms with Crippen molar-refractivity contribution in [2.24, 2.45) is 0 Å². The fraction of sp³-hybridized carbons (Fsp3) is 0.379. The molecule has 0 saturated carbocycles. The molecule has 0 atom stereocenters. The number of hydrogen-bond donors (Lipinski definition) is 1. The van der Waals surface area contributed by atoms with Crippen LogP contribution in [0.25, 0.3) is 33.3 Å². The Morgan fingerprint density at radius 1 is 0.838 bits per heavy atom. The number of pyridine rings is 2. The van der Waals surface area contributed by atoms with E-state index >= 15 is 0 Å². The summed E-state index contributed by atoms with van der Waals surface area (Å²) in [5.41, 5.74) is 8.53. The van der Waals surface area contributed by atoms with Crippen LogP contribution in [0.2, 0.25) is 0 Å². The van der Waals surface area contributed by atoms with Crippen molar-refractivity contribution in [2.75, 3.05) is 37.6 Å². The fourth-order valence-electron chi connectivity index (χ4n) is 4.92. The SMILES string of the molecule is CC.Cc1cc(-c2[nH]c3cc(-c4ccc(N5CCN(CC(F)(F)F)CC5)nc4)ccc3c2C)cc(C)n1. The fourth-order valence-corrected chi connectivity index (χ4v) is 4.92. The smallest absolute Gasteiger partial charge is 0.354 e. The van der Waals surface area contributed by atoms with E-state index in [0.29, 0.717) is 26.2 Å². The molecule has 4 aromatic rings. The van der Waals surface area contributed by atoms with Crippen LogP contribution in [-0.4, -0.2) is 58.8 Å². The van der Waals surface area contributed by atoms with Gasteiger partial charge in [0.2, 0.25) is 0 Å². The van der Waals surface area contributed by atoms with Gasteiger partial charge in [-0.2, -0.15) is 13.2 Å². The van der Waals surface area contributed by atoms with E-state index in [2.05, 4.69) is 52.2 Å². The molecule has 196 valence electrons. The normalized spacial score (nSPS) is 14.5. The Hall–Kier alpha value is -3.39. The molecule has 0 amide bonds. The molecule has 0 unspecified atom stereocenters. The maximum atomic E-state index is 12.6. The average molecular weight is 510 g/mol. The van der Waals surface area contributed by atoms with Gasteiger partial charge in [-0.1, -0.05) is 26.0 Å². The lowest BCUT2D eigenvalue weighted by molar-refractivity contribution is -0.146. The summed E-state index contributed by atoms with van der Waals surface area (Å²) in [7, 11) is 0. The minimum Gasteiger partial charge on any atom is -0.354 e. The number of piperazine rings is 1. The van der Waals surface area contributed by atoms with Gasteiger partial charge in [0, 0.05) is 71.5 Å². The van der Waals surface area contributed by atoms with E-state index in [-0.39, 0.29) is 0 Å². The second-order valence-corrected chi connectivity index (χ2v) is 9.31. The number of hydrogen-bond acceptors (Lipinski definition) is 4. The molecule has 0 bridgehead atoms. The van der Waals surface area contributed by atoms with Gasteiger partial charge in [0.05, 0.1) is 6.54 Å². The highest BCUT2D eigenvalue weighted by Crippen LogP contribution is 2.33. The third-order valence-corrected chi connectivity index (χ3v) is 6.61. The Morgan fingerprint density at radius 2 is 1.49 bits per heavy atom. The van der Waals surface area contributed by atoms with Gasteiger partial charge in [0.25, 0.3) is 0 Å². The van der Waals surface area contributed by atoms with Crippen LogP contribution in [0.4, 0.5) is 19.0 Å². The molecular formula is C29H34F3N5. The zero-order valence-electron chi connectivity index (χ0n) is 22.1. The van der Waals surface area contributed by atoms with Crippen LogP contribution in [0.3, 0.4) is 0 Å². The number of alkyl halides is 3. The van der Waals surface area contributed by atoms with E-state index < -0.39 is 12.7 Å². The molecule has 0 spiro atoms. The Balaban J connectivity index is 0.00000156. The molecule has 5 nitrogen and oxygen atoms in total. The summed E-state index contributed by atoms with van der Waals surface area (Å²) < 4.78 is 37.9. The molecule has 8 heteroatoms. The Kier molecular flexibility index (Phi) is 7.87. The molecule has 37 heavy (non-hydrogen) atoms. The van der Waals surface area contributed by atoms with Gasteiger partial charge < -0.3 is 9.88 Å². The summed E-state index contributed by atoms with van der Waals surface area (Å²) in [5, 5.41) is 1.18. The van der Waals surface area contributed by atoms with Crippen molar-refractivity contribution in [3.63, 3.8) is 0 Å². The predicted molar refractivity (Wildman–Crippen MR) is 145 cm³/mol. The molecule has 1 saturated heterocycles. The van der Waals surface area contributed by atoms with Crippen molar-refractivity contribution < 1.29 is 13.2 Å². The molecule has 1 aliphatic rings. The van der Waals surface area contributed by atoms with E-state index in [1.54, 1.807) is 0 Å². The quantitative estimate of drug-likeness (QED) is 0.324. The number of aryl methyl sites for hydroxylation is 3. The van der Waals surface area contributed by atoms with Crippen molar-refractivity contribution >= 4 is 16.7 Å². The Bertz CT molecular complexity index is 1330. The number of aromatic amines is 1. The second kappa shape index (κ2) is 10.9.